The SMILES string of the molecule is Cc1nn(-c2cccc(N)c2)c2cc(O)ccc12. The Morgan fingerprint density at radius 1 is 1.17 bits per heavy atom. The standard InChI is InChI=1S/C14H13N3O/c1-9-13-6-5-12(18)8-14(13)17(16-9)11-4-2-3-10(15)7-11/h2-8,18H,15H2,1H3. The van der Waals surface area contributed by atoms with Crippen molar-refractivity contribution in [3.63, 3.8) is 0 Å². The molecule has 0 spiro atoms. The zero-order valence-corrected chi connectivity index (χ0v) is 9.96. The third kappa shape index (κ3) is 1.59. The zero-order chi connectivity index (χ0) is 12.7. The summed E-state index contributed by atoms with van der Waals surface area (Å²) in [6, 6.07) is 12.8. The van der Waals surface area contributed by atoms with Crippen LogP contribution in [0.1, 0.15) is 5.69 Å². The van der Waals surface area contributed by atoms with Crippen LogP contribution in [0.5, 0.6) is 5.75 Å². The van der Waals surface area contributed by atoms with Gasteiger partial charge in [-0.2, -0.15) is 5.10 Å². The van der Waals surface area contributed by atoms with Gasteiger partial charge in [-0.05, 0) is 37.3 Å². The van der Waals surface area contributed by atoms with Gasteiger partial charge in [0.1, 0.15) is 5.75 Å². The lowest BCUT2D eigenvalue weighted by Gasteiger charge is -2.04. The molecule has 0 aliphatic rings. The van der Waals surface area contributed by atoms with Crippen LogP contribution in [-0.4, -0.2) is 14.9 Å². The van der Waals surface area contributed by atoms with E-state index in [4.69, 9.17) is 5.73 Å². The molecule has 0 unspecified atom stereocenters. The summed E-state index contributed by atoms with van der Waals surface area (Å²) in [6.45, 7) is 1.95. The first-order valence-corrected chi connectivity index (χ1v) is 5.69. The number of hydrogen-bond donors (Lipinski definition) is 2. The fraction of sp³-hybridized carbons (Fsp3) is 0.0714. The summed E-state index contributed by atoms with van der Waals surface area (Å²) >= 11 is 0. The monoisotopic (exact) mass is 239 g/mol. The van der Waals surface area contributed by atoms with Crippen molar-refractivity contribution in [1.29, 1.82) is 0 Å². The lowest BCUT2D eigenvalue weighted by Crippen LogP contribution is -1.97. The molecule has 0 radical (unpaired) electrons. The Kier molecular flexibility index (Phi) is 2.23. The quantitative estimate of drug-likeness (QED) is 0.641. The van der Waals surface area contributed by atoms with Crippen LogP contribution in [0.4, 0.5) is 5.69 Å². The van der Waals surface area contributed by atoms with E-state index in [0.717, 1.165) is 22.3 Å². The molecule has 90 valence electrons. The molecule has 0 fully saturated rings. The van der Waals surface area contributed by atoms with E-state index >= 15 is 0 Å². The van der Waals surface area contributed by atoms with Crippen molar-refractivity contribution in [1.82, 2.24) is 9.78 Å². The van der Waals surface area contributed by atoms with E-state index in [1.165, 1.54) is 0 Å². The number of hydrogen-bond acceptors (Lipinski definition) is 3. The van der Waals surface area contributed by atoms with Gasteiger partial charge in [-0.25, -0.2) is 4.68 Å². The Balaban J connectivity index is 2.32. The summed E-state index contributed by atoms with van der Waals surface area (Å²) in [5.74, 6) is 0.229. The number of fused-ring (bicyclic) bond motifs is 1. The number of rotatable bonds is 1. The molecular weight excluding hydrogens is 226 g/mol. The number of anilines is 1. The van der Waals surface area contributed by atoms with Gasteiger partial charge >= 0.3 is 0 Å². The van der Waals surface area contributed by atoms with Crippen molar-refractivity contribution in [2.75, 3.05) is 5.73 Å². The van der Waals surface area contributed by atoms with E-state index in [1.807, 2.05) is 37.3 Å². The molecule has 1 aromatic heterocycles. The first kappa shape index (κ1) is 10.7. The molecule has 3 rings (SSSR count). The first-order valence-electron chi connectivity index (χ1n) is 5.69. The number of aromatic nitrogens is 2. The maximum Gasteiger partial charge on any atom is 0.117 e. The largest absolute Gasteiger partial charge is 0.508 e. The summed E-state index contributed by atoms with van der Waals surface area (Å²) in [5, 5.41) is 15.1. The third-order valence-corrected chi connectivity index (χ3v) is 2.96. The van der Waals surface area contributed by atoms with Crippen molar-refractivity contribution in [3.05, 3.63) is 48.2 Å². The average molecular weight is 239 g/mol. The highest BCUT2D eigenvalue weighted by atomic mass is 16.3. The normalized spacial score (nSPS) is 10.9. The van der Waals surface area contributed by atoms with Gasteiger partial charge in [0.15, 0.2) is 0 Å². The van der Waals surface area contributed by atoms with Gasteiger partial charge < -0.3 is 10.8 Å². The summed E-state index contributed by atoms with van der Waals surface area (Å²) < 4.78 is 1.79. The predicted molar refractivity (Wildman–Crippen MR) is 71.9 cm³/mol. The van der Waals surface area contributed by atoms with E-state index in [1.54, 1.807) is 16.8 Å². The van der Waals surface area contributed by atoms with Crippen LogP contribution in [0.25, 0.3) is 16.6 Å². The van der Waals surface area contributed by atoms with Gasteiger partial charge in [0.05, 0.1) is 16.9 Å². The van der Waals surface area contributed by atoms with Crippen LogP contribution in [0.15, 0.2) is 42.5 Å². The number of aryl methyl sites for hydroxylation is 1. The highest BCUT2D eigenvalue weighted by molar-refractivity contribution is 5.84. The second-order valence-electron chi connectivity index (χ2n) is 4.29. The topological polar surface area (TPSA) is 64.1 Å². The third-order valence-electron chi connectivity index (χ3n) is 2.96. The number of aromatic hydroxyl groups is 1. The first-order chi connectivity index (χ1) is 8.65. The van der Waals surface area contributed by atoms with E-state index in [2.05, 4.69) is 5.10 Å². The number of nitrogens with zero attached hydrogens (tertiary/aromatic N) is 2. The fourth-order valence-electron chi connectivity index (χ4n) is 2.11. The molecule has 4 heteroatoms. The Morgan fingerprint density at radius 2 is 2.00 bits per heavy atom. The molecule has 2 aromatic carbocycles. The molecule has 0 aliphatic carbocycles. The molecule has 0 atom stereocenters. The number of phenols is 1. The summed E-state index contributed by atoms with van der Waals surface area (Å²) in [6.07, 6.45) is 0. The van der Waals surface area contributed by atoms with Crippen LogP contribution in [0.2, 0.25) is 0 Å². The molecule has 3 N–H and O–H groups in total. The van der Waals surface area contributed by atoms with E-state index in [9.17, 15) is 5.11 Å². The van der Waals surface area contributed by atoms with E-state index < -0.39 is 0 Å². The number of nitrogens with two attached hydrogens (primary N) is 1. The lowest BCUT2D eigenvalue weighted by atomic mass is 10.2. The van der Waals surface area contributed by atoms with Crippen molar-refractivity contribution in [2.45, 2.75) is 6.92 Å². The molecule has 4 nitrogen and oxygen atoms in total. The molecule has 1 heterocycles. The molecule has 0 amide bonds. The highest BCUT2D eigenvalue weighted by Gasteiger charge is 2.09. The van der Waals surface area contributed by atoms with Crippen molar-refractivity contribution >= 4 is 16.6 Å². The molecule has 0 saturated carbocycles. The second kappa shape index (κ2) is 3.77. The Labute approximate surface area is 104 Å². The van der Waals surface area contributed by atoms with Crippen LogP contribution in [0, 0.1) is 6.92 Å². The van der Waals surface area contributed by atoms with E-state index in [-0.39, 0.29) is 5.75 Å². The van der Waals surface area contributed by atoms with Crippen LogP contribution in [-0.2, 0) is 0 Å². The second-order valence-corrected chi connectivity index (χ2v) is 4.29. The fourth-order valence-corrected chi connectivity index (χ4v) is 2.11. The molecular formula is C14H13N3O. The van der Waals surface area contributed by atoms with Gasteiger partial charge in [-0.1, -0.05) is 6.07 Å². The number of nitrogen functional groups attached to an aromatic ring is 1. The smallest absolute Gasteiger partial charge is 0.117 e. The van der Waals surface area contributed by atoms with Gasteiger partial charge in [-0.3, -0.25) is 0 Å². The minimum Gasteiger partial charge on any atom is -0.508 e. The van der Waals surface area contributed by atoms with Gasteiger partial charge in [0.2, 0.25) is 0 Å². The van der Waals surface area contributed by atoms with Crippen molar-refractivity contribution < 1.29 is 5.11 Å². The maximum atomic E-state index is 9.60. The minimum absolute atomic E-state index is 0.229. The predicted octanol–water partition coefficient (Wildman–Crippen LogP) is 2.62. The van der Waals surface area contributed by atoms with Gasteiger partial charge in [0.25, 0.3) is 0 Å². The van der Waals surface area contributed by atoms with Crippen LogP contribution >= 0.6 is 0 Å². The highest BCUT2D eigenvalue weighted by Crippen LogP contribution is 2.25. The van der Waals surface area contributed by atoms with Crippen molar-refractivity contribution in [2.24, 2.45) is 0 Å². The van der Waals surface area contributed by atoms with Crippen LogP contribution in [0.3, 0.4) is 0 Å². The van der Waals surface area contributed by atoms with Gasteiger partial charge in [0, 0.05) is 17.1 Å². The van der Waals surface area contributed by atoms with Crippen molar-refractivity contribution in [3.8, 4) is 11.4 Å². The average Bonchev–Trinajstić information content (AvgIpc) is 2.66. The molecule has 3 aromatic rings. The lowest BCUT2D eigenvalue weighted by molar-refractivity contribution is 0.476. The minimum atomic E-state index is 0.229. The summed E-state index contributed by atoms with van der Waals surface area (Å²) in [5.41, 5.74) is 9.16. The Hall–Kier alpha value is -2.49. The molecule has 0 aliphatic heterocycles. The molecule has 0 saturated heterocycles. The van der Waals surface area contributed by atoms with Crippen LogP contribution < -0.4 is 5.73 Å². The molecule has 18 heavy (non-hydrogen) atoms. The Morgan fingerprint density at radius 3 is 2.78 bits per heavy atom. The van der Waals surface area contributed by atoms with Gasteiger partial charge in [-0.15, -0.1) is 0 Å². The number of benzene rings is 2. The molecule has 0 bridgehead atoms. The Bertz CT molecular complexity index is 731. The summed E-state index contributed by atoms with van der Waals surface area (Å²) in [4.78, 5) is 0. The summed E-state index contributed by atoms with van der Waals surface area (Å²) in [7, 11) is 0. The number of phenolic OH excluding ortho intramolecular Hbond substituents is 1. The van der Waals surface area contributed by atoms with E-state index in [0.29, 0.717) is 5.69 Å². The zero-order valence-electron chi connectivity index (χ0n) is 9.96. The maximum absolute atomic E-state index is 9.60.